The van der Waals surface area contributed by atoms with E-state index in [0.29, 0.717) is 24.9 Å². The van der Waals surface area contributed by atoms with Crippen molar-refractivity contribution in [3.05, 3.63) is 55.7 Å². The lowest BCUT2D eigenvalue weighted by atomic mass is 10.00. The third-order valence-corrected chi connectivity index (χ3v) is 4.67. The number of hydrogen-bond acceptors (Lipinski definition) is 6. The van der Waals surface area contributed by atoms with Gasteiger partial charge in [0.25, 0.3) is 5.56 Å². The molecule has 28 heavy (non-hydrogen) atoms. The lowest BCUT2D eigenvalue weighted by Gasteiger charge is -2.31. The van der Waals surface area contributed by atoms with Gasteiger partial charge in [-0.3, -0.25) is 19.1 Å². The van der Waals surface area contributed by atoms with Gasteiger partial charge in [0.2, 0.25) is 0 Å². The first kappa shape index (κ1) is 19.7. The summed E-state index contributed by atoms with van der Waals surface area (Å²) in [5.41, 5.74) is 4.48. The maximum atomic E-state index is 14.3. The van der Waals surface area contributed by atoms with Crippen LogP contribution in [0.15, 0.2) is 21.7 Å². The largest absolute Gasteiger partial charge is 0.384 e. The van der Waals surface area contributed by atoms with E-state index in [9.17, 15) is 23.2 Å². The van der Waals surface area contributed by atoms with E-state index in [1.54, 1.807) is 0 Å². The average molecular weight is 394 g/mol. The second-order valence-electron chi connectivity index (χ2n) is 6.51. The zero-order valence-electron chi connectivity index (χ0n) is 15.3. The molecule has 1 aromatic heterocycles. The first-order valence-corrected chi connectivity index (χ1v) is 8.71. The normalized spacial score (nSPS) is 13.5. The Hall–Kier alpha value is -3.01. The Balaban J connectivity index is 1.95. The van der Waals surface area contributed by atoms with Gasteiger partial charge in [0, 0.05) is 19.7 Å². The monoisotopic (exact) mass is 394 g/mol. The lowest BCUT2D eigenvalue weighted by molar-refractivity contribution is 0.0996. The van der Waals surface area contributed by atoms with Crippen LogP contribution in [0.3, 0.4) is 0 Å². The molecular formula is C18H20F2N4O4. The van der Waals surface area contributed by atoms with Crippen LogP contribution in [0.1, 0.15) is 22.3 Å². The molecule has 0 amide bonds. The quantitative estimate of drug-likeness (QED) is 0.697. The number of ketones is 1. The number of halogens is 2. The fourth-order valence-electron chi connectivity index (χ4n) is 3.41. The van der Waals surface area contributed by atoms with Crippen molar-refractivity contribution in [2.45, 2.75) is 19.4 Å². The minimum absolute atomic E-state index is 0.0542. The van der Waals surface area contributed by atoms with Crippen molar-refractivity contribution in [2.24, 2.45) is 0 Å². The molecule has 3 N–H and O–H groups in total. The van der Waals surface area contributed by atoms with Crippen LogP contribution in [0, 0.1) is 11.6 Å². The molecular weight excluding hydrogens is 374 g/mol. The van der Waals surface area contributed by atoms with Gasteiger partial charge in [-0.15, -0.1) is 0 Å². The molecule has 0 fully saturated rings. The molecule has 0 aliphatic carbocycles. The summed E-state index contributed by atoms with van der Waals surface area (Å²) in [6.45, 7) is 0.243. The number of hydrogen-bond donors (Lipinski definition) is 2. The van der Waals surface area contributed by atoms with Gasteiger partial charge in [-0.05, 0) is 24.5 Å². The van der Waals surface area contributed by atoms with Crippen LogP contribution in [0.25, 0.3) is 0 Å². The topological polar surface area (TPSA) is 110 Å². The van der Waals surface area contributed by atoms with Gasteiger partial charge in [0.1, 0.15) is 23.0 Å². The summed E-state index contributed by atoms with van der Waals surface area (Å²) < 4.78 is 33.7. The molecule has 0 saturated heterocycles. The van der Waals surface area contributed by atoms with E-state index in [0.717, 1.165) is 10.6 Å². The number of aromatic nitrogens is 2. The highest BCUT2D eigenvalue weighted by Gasteiger charge is 2.27. The number of benzene rings is 1. The summed E-state index contributed by atoms with van der Waals surface area (Å²) in [4.78, 5) is 40.4. The van der Waals surface area contributed by atoms with E-state index in [4.69, 9.17) is 10.5 Å². The van der Waals surface area contributed by atoms with Gasteiger partial charge in [0.05, 0.1) is 25.4 Å². The Labute approximate surface area is 158 Å². The van der Waals surface area contributed by atoms with Crippen molar-refractivity contribution < 1.29 is 18.3 Å². The number of H-pyrrole nitrogens is 1. The van der Waals surface area contributed by atoms with Crippen LogP contribution >= 0.6 is 0 Å². The molecule has 0 atom stereocenters. The molecule has 8 nitrogen and oxygen atoms in total. The van der Waals surface area contributed by atoms with Crippen LogP contribution in [0.4, 0.5) is 20.3 Å². The number of ether oxygens (including phenoxy) is 1. The van der Waals surface area contributed by atoms with Crippen LogP contribution in [0.5, 0.6) is 0 Å². The molecule has 2 aromatic rings. The summed E-state index contributed by atoms with van der Waals surface area (Å²) in [6.07, 6.45) is 1.08. The van der Waals surface area contributed by atoms with Gasteiger partial charge < -0.3 is 15.4 Å². The third-order valence-electron chi connectivity index (χ3n) is 4.67. The van der Waals surface area contributed by atoms with Crippen LogP contribution < -0.4 is 21.9 Å². The first-order chi connectivity index (χ1) is 13.3. The van der Waals surface area contributed by atoms with Gasteiger partial charge in [0.15, 0.2) is 5.78 Å². The molecule has 150 valence electrons. The van der Waals surface area contributed by atoms with Crippen molar-refractivity contribution in [3.8, 4) is 0 Å². The molecule has 2 heterocycles. The number of nitrogens with two attached hydrogens (primary N) is 1. The van der Waals surface area contributed by atoms with E-state index in [1.165, 1.54) is 18.1 Å². The summed E-state index contributed by atoms with van der Waals surface area (Å²) in [5, 5.41) is 0. The summed E-state index contributed by atoms with van der Waals surface area (Å²) in [7, 11) is 1.43. The number of carbonyl (C=O) groups excluding carboxylic acids is 1. The fraction of sp³-hybridized carbons (Fsp3) is 0.389. The summed E-state index contributed by atoms with van der Waals surface area (Å²) in [5.74, 6) is -2.39. The smallest absolute Gasteiger partial charge is 0.330 e. The predicted octanol–water partition coefficient (Wildman–Crippen LogP) is 0.679. The lowest BCUT2D eigenvalue weighted by Crippen LogP contribution is -2.41. The highest BCUT2D eigenvalue weighted by atomic mass is 19.1. The van der Waals surface area contributed by atoms with Gasteiger partial charge in [-0.1, -0.05) is 0 Å². The van der Waals surface area contributed by atoms with Crippen molar-refractivity contribution in [1.82, 2.24) is 9.55 Å². The molecule has 3 rings (SSSR count). The van der Waals surface area contributed by atoms with Gasteiger partial charge >= 0.3 is 5.69 Å². The number of methoxy groups -OCH3 is 1. The van der Waals surface area contributed by atoms with E-state index in [2.05, 4.69) is 4.98 Å². The number of anilines is 2. The predicted molar refractivity (Wildman–Crippen MR) is 98.8 cm³/mol. The number of carbonyl (C=O) groups is 1. The second kappa shape index (κ2) is 7.93. The van der Waals surface area contributed by atoms with E-state index >= 15 is 0 Å². The Morgan fingerprint density at radius 1 is 1.32 bits per heavy atom. The van der Waals surface area contributed by atoms with Crippen LogP contribution in [0.2, 0.25) is 0 Å². The zero-order valence-corrected chi connectivity index (χ0v) is 15.3. The van der Waals surface area contributed by atoms with Gasteiger partial charge in [-0.25, -0.2) is 13.6 Å². The van der Waals surface area contributed by atoms with Crippen LogP contribution in [-0.4, -0.2) is 42.1 Å². The zero-order chi connectivity index (χ0) is 20.4. The molecule has 1 aromatic carbocycles. The number of aromatic amines is 1. The highest BCUT2D eigenvalue weighted by Crippen LogP contribution is 2.31. The molecule has 1 aliphatic rings. The standard InChI is InChI=1S/C18H20F2N4O4/c1-28-6-5-24-16(21)14(17(26)22-18(24)27)13(25)9-23-4-2-3-10-7-11(19)8-12(20)15(10)23/h7-8H,2-6,9,21H2,1H3,(H,22,26,27). The SMILES string of the molecule is COCCn1c(N)c(C(=O)CN2CCCc3cc(F)cc(F)c32)c(=O)[nH]c1=O. The molecule has 0 bridgehead atoms. The Morgan fingerprint density at radius 3 is 2.79 bits per heavy atom. The molecule has 0 radical (unpaired) electrons. The molecule has 0 saturated carbocycles. The number of nitrogens with zero attached hydrogens (tertiary/aromatic N) is 2. The third kappa shape index (κ3) is 3.68. The minimum Gasteiger partial charge on any atom is -0.384 e. The highest BCUT2D eigenvalue weighted by molar-refractivity contribution is 6.02. The van der Waals surface area contributed by atoms with Crippen molar-refractivity contribution in [1.29, 1.82) is 0 Å². The first-order valence-electron chi connectivity index (χ1n) is 8.71. The summed E-state index contributed by atoms with van der Waals surface area (Å²) >= 11 is 0. The van der Waals surface area contributed by atoms with Crippen molar-refractivity contribution in [3.63, 3.8) is 0 Å². The number of fused-ring (bicyclic) bond motifs is 1. The number of aryl methyl sites for hydroxylation is 1. The van der Waals surface area contributed by atoms with E-state index < -0.39 is 28.7 Å². The molecule has 1 aliphatic heterocycles. The van der Waals surface area contributed by atoms with Gasteiger partial charge in [-0.2, -0.15) is 0 Å². The molecule has 0 unspecified atom stereocenters. The van der Waals surface area contributed by atoms with Crippen molar-refractivity contribution in [2.75, 3.05) is 37.4 Å². The Bertz CT molecular complexity index is 1030. The maximum Gasteiger partial charge on any atom is 0.330 e. The molecule has 10 heteroatoms. The fourth-order valence-corrected chi connectivity index (χ4v) is 3.41. The summed E-state index contributed by atoms with van der Waals surface area (Å²) in [6, 6.07) is 1.99. The Kier molecular flexibility index (Phi) is 5.59. The minimum atomic E-state index is -0.905. The van der Waals surface area contributed by atoms with Crippen LogP contribution in [-0.2, 0) is 17.7 Å². The molecule has 0 spiro atoms. The average Bonchev–Trinajstić information content (AvgIpc) is 2.60. The second-order valence-corrected chi connectivity index (χ2v) is 6.51. The number of nitrogens with one attached hydrogen (secondary N) is 1. The number of Topliss-reactive ketones (excluding diaryl/α,β-unsaturated/α-hetero) is 1. The van der Waals surface area contributed by atoms with E-state index in [-0.39, 0.29) is 36.8 Å². The Morgan fingerprint density at radius 2 is 2.07 bits per heavy atom. The number of nitrogen functional groups attached to an aromatic ring is 1. The maximum absolute atomic E-state index is 14.3. The van der Waals surface area contributed by atoms with Crippen molar-refractivity contribution >= 4 is 17.3 Å². The van der Waals surface area contributed by atoms with E-state index in [1.807, 2.05) is 0 Å². The number of rotatable bonds is 6.